The van der Waals surface area contributed by atoms with Crippen LogP contribution in [0.4, 0.5) is 0 Å². The van der Waals surface area contributed by atoms with Crippen LogP contribution in [0.1, 0.15) is 60.2 Å². The quantitative estimate of drug-likeness (QED) is 0.372. The van der Waals surface area contributed by atoms with Crippen molar-refractivity contribution in [3.05, 3.63) is 22.3 Å². The number of ether oxygens (including phenoxy) is 2. The molecule has 0 amide bonds. The first-order valence-corrected chi connectivity index (χ1v) is 8.54. The fraction of sp³-hybridized carbons (Fsp3) is 0.526. The first-order valence-electron chi connectivity index (χ1n) is 8.54. The smallest absolute Gasteiger partial charge is 0.308 e. The number of hydrogen-bond donors (Lipinski definition) is 2. The van der Waals surface area contributed by atoms with Gasteiger partial charge in [0.1, 0.15) is 11.5 Å². The molecule has 7 nitrogen and oxygen atoms in total. The maximum atomic E-state index is 11.7. The van der Waals surface area contributed by atoms with E-state index >= 15 is 0 Å². The maximum Gasteiger partial charge on any atom is 0.308 e. The highest BCUT2D eigenvalue weighted by Crippen LogP contribution is 2.39. The van der Waals surface area contributed by atoms with Gasteiger partial charge in [-0.15, -0.1) is 0 Å². The van der Waals surface area contributed by atoms with E-state index in [2.05, 4.69) is 0 Å². The lowest BCUT2D eigenvalue weighted by Gasteiger charge is -2.22. The monoisotopic (exact) mass is 365 g/mol. The minimum absolute atomic E-state index is 0.0971. The van der Waals surface area contributed by atoms with Crippen LogP contribution in [0.15, 0.2) is 0 Å². The second-order valence-corrected chi connectivity index (χ2v) is 6.35. The summed E-state index contributed by atoms with van der Waals surface area (Å²) in [5.41, 5.74) is 7.98. The van der Waals surface area contributed by atoms with E-state index in [0.29, 0.717) is 42.4 Å². The third-order valence-electron chi connectivity index (χ3n) is 4.42. The second-order valence-electron chi connectivity index (χ2n) is 6.35. The second kappa shape index (κ2) is 9.91. The van der Waals surface area contributed by atoms with Crippen molar-refractivity contribution in [2.24, 2.45) is 11.7 Å². The minimum atomic E-state index is -0.832. The van der Waals surface area contributed by atoms with Gasteiger partial charge in [-0.05, 0) is 43.2 Å². The zero-order chi connectivity index (χ0) is 19.9. The number of carbonyl (C=O) groups excluding carboxylic acids is 2. The van der Waals surface area contributed by atoms with Crippen LogP contribution in [0.2, 0.25) is 0 Å². The molecule has 144 valence electrons. The van der Waals surface area contributed by atoms with Crippen molar-refractivity contribution >= 4 is 18.2 Å². The number of carboxylic acids is 1. The molecule has 0 spiro atoms. The Bertz CT molecular complexity index is 683. The minimum Gasteiger partial charge on any atom is -0.496 e. The van der Waals surface area contributed by atoms with E-state index in [0.717, 1.165) is 5.56 Å². The Morgan fingerprint density at radius 3 is 2.35 bits per heavy atom. The Balaban J connectivity index is 3.33. The molecule has 0 fully saturated rings. The number of esters is 1. The molecule has 0 saturated carbocycles. The molecule has 0 heterocycles. The standard InChI is InChI=1S/C19H27NO6/c1-11(6-8-17(23)24)5-7-14-18(25-4)12(2)15(9-20)16(10-21)19(14)26-13(3)22/h10-11H,5-9,20H2,1-4H3,(H,23,24). The van der Waals surface area contributed by atoms with Gasteiger partial charge in [0, 0.05) is 25.5 Å². The molecule has 0 saturated heterocycles. The molecule has 0 aliphatic rings. The summed E-state index contributed by atoms with van der Waals surface area (Å²) in [5, 5.41) is 8.81. The number of carboxylic acid groups (broad SMARTS) is 1. The van der Waals surface area contributed by atoms with E-state index in [-0.39, 0.29) is 30.2 Å². The van der Waals surface area contributed by atoms with Crippen LogP contribution < -0.4 is 15.2 Å². The topological polar surface area (TPSA) is 116 Å². The Morgan fingerprint density at radius 1 is 1.23 bits per heavy atom. The molecule has 3 N–H and O–H groups in total. The molecule has 0 aliphatic heterocycles. The Hall–Kier alpha value is -2.41. The third kappa shape index (κ3) is 5.29. The van der Waals surface area contributed by atoms with Crippen LogP contribution in [-0.4, -0.2) is 30.4 Å². The summed E-state index contributed by atoms with van der Waals surface area (Å²) in [6, 6.07) is 0. The Kier molecular flexibility index (Phi) is 8.25. The molecule has 0 bridgehead atoms. The van der Waals surface area contributed by atoms with Crippen LogP contribution in [0, 0.1) is 12.8 Å². The summed E-state index contributed by atoms with van der Waals surface area (Å²) in [7, 11) is 1.51. The van der Waals surface area contributed by atoms with Crippen molar-refractivity contribution < 1.29 is 29.0 Å². The number of rotatable bonds is 10. The predicted octanol–water partition coefficient (Wildman–Crippen LogP) is 2.63. The first kappa shape index (κ1) is 21.6. The first-order chi connectivity index (χ1) is 12.3. The predicted molar refractivity (Wildman–Crippen MR) is 96.7 cm³/mol. The van der Waals surface area contributed by atoms with Crippen LogP contribution in [0.3, 0.4) is 0 Å². The van der Waals surface area contributed by atoms with Gasteiger partial charge in [-0.2, -0.15) is 0 Å². The van der Waals surface area contributed by atoms with Crippen molar-refractivity contribution in [2.45, 2.75) is 53.0 Å². The molecular weight excluding hydrogens is 338 g/mol. The largest absolute Gasteiger partial charge is 0.496 e. The lowest BCUT2D eigenvalue weighted by molar-refractivity contribution is -0.137. The number of carbonyl (C=O) groups is 3. The average molecular weight is 365 g/mol. The van der Waals surface area contributed by atoms with E-state index in [1.165, 1.54) is 14.0 Å². The molecule has 1 unspecified atom stereocenters. The lowest BCUT2D eigenvalue weighted by Crippen LogP contribution is -2.14. The lowest BCUT2D eigenvalue weighted by atomic mass is 9.90. The van der Waals surface area contributed by atoms with Crippen LogP contribution in [0.5, 0.6) is 11.5 Å². The molecule has 0 radical (unpaired) electrons. The molecule has 1 atom stereocenters. The van der Waals surface area contributed by atoms with Crippen molar-refractivity contribution in [3.8, 4) is 11.5 Å². The molecule has 26 heavy (non-hydrogen) atoms. The van der Waals surface area contributed by atoms with Crippen molar-refractivity contribution in [2.75, 3.05) is 7.11 Å². The molecule has 1 rings (SSSR count). The number of hydrogen-bond acceptors (Lipinski definition) is 6. The molecule has 1 aromatic rings. The van der Waals surface area contributed by atoms with E-state index in [9.17, 15) is 14.4 Å². The maximum absolute atomic E-state index is 11.7. The van der Waals surface area contributed by atoms with Gasteiger partial charge in [-0.1, -0.05) is 6.92 Å². The summed E-state index contributed by atoms with van der Waals surface area (Å²) in [5.74, 6) is -0.503. The fourth-order valence-electron chi connectivity index (χ4n) is 3.02. The van der Waals surface area contributed by atoms with Crippen molar-refractivity contribution in [1.82, 2.24) is 0 Å². The molecule has 7 heteroatoms. The molecule has 0 aliphatic carbocycles. The van der Waals surface area contributed by atoms with Crippen LogP contribution in [-0.2, 0) is 22.6 Å². The number of aldehydes is 1. The average Bonchev–Trinajstić information content (AvgIpc) is 2.58. The van der Waals surface area contributed by atoms with Crippen LogP contribution >= 0.6 is 0 Å². The van der Waals surface area contributed by atoms with Gasteiger partial charge in [0.05, 0.1) is 12.7 Å². The fourth-order valence-corrected chi connectivity index (χ4v) is 3.02. The SMILES string of the molecule is COc1c(C)c(CN)c(C=O)c(OC(C)=O)c1CCC(C)CCC(=O)O. The molecule has 0 aromatic heterocycles. The highest BCUT2D eigenvalue weighted by Gasteiger charge is 2.24. The van der Waals surface area contributed by atoms with E-state index in [1.807, 2.05) is 13.8 Å². The van der Waals surface area contributed by atoms with Crippen molar-refractivity contribution in [3.63, 3.8) is 0 Å². The van der Waals surface area contributed by atoms with Gasteiger partial charge >= 0.3 is 11.9 Å². The number of aliphatic carboxylic acids is 1. The van der Waals surface area contributed by atoms with Crippen molar-refractivity contribution in [1.29, 1.82) is 0 Å². The summed E-state index contributed by atoms with van der Waals surface area (Å²) in [6.07, 6.45) is 2.43. The summed E-state index contributed by atoms with van der Waals surface area (Å²) in [4.78, 5) is 33.9. The van der Waals surface area contributed by atoms with Gasteiger partial charge < -0.3 is 20.3 Å². The number of methoxy groups -OCH3 is 1. The van der Waals surface area contributed by atoms with E-state index < -0.39 is 11.9 Å². The normalized spacial score (nSPS) is 11.7. The van der Waals surface area contributed by atoms with Gasteiger partial charge in [0.15, 0.2) is 6.29 Å². The Morgan fingerprint density at radius 2 is 1.88 bits per heavy atom. The highest BCUT2D eigenvalue weighted by atomic mass is 16.5. The number of benzene rings is 1. The zero-order valence-corrected chi connectivity index (χ0v) is 15.8. The molecule has 1 aromatic carbocycles. The summed E-state index contributed by atoms with van der Waals surface area (Å²) < 4.78 is 10.9. The molecular formula is C19H27NO6. The van der Waals surface area contributed by atoms with Gasteiger partial charge in [-0.3, -0.25) is 14.4 Å². The Labute approximate surface area is 153 Å². The third-order valence-corrected chi connectivity index (χ3v) is 4.42. The van der Waals surface area contributed by atoms with E-state index in [1.54, 1.807) is 0 Å². The summed E-state index contributed by atoms with van der Waals surface area (Å²) >= 11 is 0. The number of nitrogens with two attached hydrogens (primary N) is 1. The zero-order valence-electron chi connectivity index (χ0n) is 15.8. The highest BCUT2D eigenvalue weighted by molar-refractivity contribution is 5.87. The summed E-state index contributed by atoms with van der Waals surface area (Å²) in [6.45, 7) is 5.15. The van der Waals surface area contributed by atoms with Gasteiger partial charge in [0.25, 0.3) is 0 Å². The van der Waals surface area contributed by atoms with Gasteiger partial charge in [0.2, 0.25) is 0 Å². The van der Waals surface area contributed by atoms with Crippen LogP contribution in [0.25, 0.3) is 0 Å². The van der Waals surface area contributed by atoms with E-state index in [4.69, 9.17) is 20.3 Å². The van der Waals surface area contributed by atoms with Gasteiger partial charge in [-0.25, -0.2) is 0 Å².